The number of nitrogens with two attached hydrogens (primary N) is 1. The summed E-state index contributed by atoms with van der Waals surface area (Å²) in [5.74, 6) is -2.91. The molecule has 8 nitrogen and oxygen atoms in total. The third kappa shape index (κ3) is 7.45. The molecule has 5 atom stereocenters. The Kier molecular flexibility index (Phi) is 11.5. The first-order valence-corrected chi connectivity index (χ1v) is 16.6. The summed E-state index contributed by atoms with van der Waals surface area (Å²) >= 11 is 0. The van der Waals surface area contributed by atoms with Gasteiger partial charge in [-0.05, 0) is 77.3 Å². The number of rotatable bonds is 7. The fraction of sp³-hybridized carbons (Fsp3) is 0.743. The molecule has 260 valence electrons. The molecule has 11 heteroatoms. The zero-order chi connectivity index (χ0) is 33.7. The number of hydrogen-bond donors (Lipinski definition) is 2. The van der Waals surface area contributed by atoms with Gasteiger partial charge >= 0.3 is 5.91 Å². The molecule has 46 heavy (non-hydrogen) atoms. The van der Waals surface area contributed by atoms with Crippen LogP contribution in [0.25, 0.3) is 0 Å². The van der Waals surface area contributed by atoms with Crippen molar-refractivity contribution < 1.29 is 27.6 Å². The number of likely N-dealkylation sites (tertiary alicyclic amines) is 2. The number of halogens is 3. The largest absolute Gasteiger partial charge is 0.354 e. The van der Waals surface area contributed by atoms with Crippen LogP contribution in [0, 0.1) is 28.4 Å². The van der Waals surface area contributed by atoms with Crippen molar-refractivity contribution in [3.63, 3.8) is 0 Å². The maximum atomic E-state index is 15.3. The predicted molar refractivity (Wildman–Crippen MR) is 179 cm³/mol. The highest BCUT2D eigenvalue weighted by Crippen LogP contribution is 2.44. The van der Waals surface area contributed by atoms with E-state index < -0.39 is 34.9 Å². The maximum absolute atomic E-state index is 15.3. The molecule has 4 rings (SSSR count). The Labute approximate surface area is 280 Å². The number of carbonyl (C=O) groups excluding carboxylic acids is 3. The van der Waals surface area contributed by atoms with E-state index in [2.05, 4.69) is 44.8 Å². The second-order valence-corrected chi connectivity index (χ2v) is 16.5. The van der Waals surface area contributed by atoms with Crippen molar-refractivity contribution in [2.24, 2.45) is 22.5 Å². The quantitative estimate of drug-likeness (QED) is 0.406. The lowest BCUT2D eigenvalue weighted by atomic mass is 9.74. The van der Waals surface area contributed by atoms with Crippen LogP contribution >= 0.6 is 12.4 Å². The molecule has 1 aliphatic carbocycles. The van der Waals surface area contributed by atoms with Gasteiger partial charge in [-0.2, -0.15) is 0 Å². The van der Waals surface area contributed by atoms with Crippen LogP contribution in [-0.2, 0) is 14.4 Å². The fourth-order valence-electron chi connectivity index (χ4n) is 7.93. The minimum atomic E-state index is -0.796. The van der Waals surface area contributed by atoms with Crippen molar-refractivity contribution in [1.29, 1.82) is 0 Å². The standard InChI is InChI=1S/C35H55F2N5O3.ClH/c1-33(2,3)40-18-26(25-11-10-22(36)16-28(25)37)27(19-40)31(44)42(9)20-24(17-29(42)30(43)39-8)41(32(45)35(6,7)21-38)23-12-14-34(4,5)15-13-23;/h10-11,16,23-24,26-27,29H,12-15,17-21,38H2,1-9H3;1H/p+1/t24-,26-,27+,29-,42?;/m0./s1. The van der Waals surface area contributed by atoms with E-state index in [-0.39, 0.29) is 70.7 Å². The summed E-state index contributed by atoms with van der Waals surface area (Å²) in [6.45, 7) is 15.7. The summed E-state index contributed by atoms with van der Waals surface area (Å²) in [5.41, 5.74) is 5.53. The van der Waals surface area contributed by atoms with Crippen LogP contribution in [0.5, 0.6) is 0 Å². The van der Waals surface area contributed by atoms with Crippen LogP contribution in [0.2, 0.25) is 0 Å². The number of quaternary nitrogens is 1. The third-order valence-electron chi connectivity index (χ3n) is 11.2. The average molecular weight is 669 g/mol. The second kappa shape index (κ2) is 13.8. The molecule has 2 saturated heterocycles. The van der Waals surface area contributed by atoms with Crippen molar-refractivity contribution in [1.82, 2.24) is 15.1 Å². The lowest BCUT2D eigenvalue weighted by Crippen LogP contribution is -2.61. The van der Waals surface area contributed by atoms with Crippen LogP contribution in [0.3, 0.4) is 0 Å². The van der Waals surface area contributed by atoms with Gasteiger partial charge in [-0.1, -0.05) is 19.9 Å². The molecule has 0 aromatic heterocycles. The highest BCUT2D eigenvalue weighted by Gasteiger charge is 2.60. The van der Waals surface area contributed by atoms with Gasteiger partial charge in [-0.25, -0.2) is 13.6 Å². The number of nitrogens with zero attached hydrogens (tertiary/aromatic N) is 3. The van der Waals surface area contributed by atoms with Gasteiger partial charge in [-0.3, -0.25) is 19.0 Å². The first-order chi connectivity index (χ1) is 20.8. The number of carbonyl (C=O) groups is 3. The normalized spacial score (nSPS) is 28.9. The highest BCUT2D eigenvalue weighted by molar-refractivity contribution is 5.86. The van der Waals surface area contributed by atoms with Gasteiger partial charge in [0.05, 0.1) is 24.4 Å². The Morgan fingerprint density at radius 2 is 1.67 bits per heavy atom. The van der Waals surface area contributed by atoms with Crippen LogP contribution in [0.1, 0.15) is 92.1 Å². The Morgan fingerprint density at radius 3 is 2.20 bits per heavy atom. The van der Waals surface area contributed by atoms with Crippen molar-refractivity contribution >= 4 is 30.1 Å². The monoisotopic (exact) mass is 668 g/mol. The number of likely N-dealkylation sites (N-methyl/N-ethyl adjacent to an activating group) is 2. The lowest BCUT2D eigenvalue weighted by Gasteiger charge is -2.45. The maximum Gasteiger partial charge on any atom is 0.319 e. The SMILES string of the molecule is CNC(=O)[C@@H]1C[C@H](N(C(=O)C(C)(C)CN)C2CCC(C)(C)CC2)C[N+]1(C)C(=O)[C@@H]1CN(C(C)(C)C)C[C@H]1c1ccc(F)cc1F.Cl. The van der Waals surface area contributed by atoms with Crippen LogP contribution in [0.15, 0.2) is 18.2 Å². The fourth-order valence-corrected chi connectivity index (χ4v) is 7.93. The van der Waals surface area contributed by atoms with Crippen LogP contribution < -0.4 is 11.1 Å². The van der Waals surface area contributed by atoms with Crippen molar-refractivity contribution in [3.8, 4) is 0 Å². The van der Waals surface area contributed by atoms with Gasteiger partial charge in [0.1, 0.15) is 18.2 Å². The number of amides is 3. The molecule has 3 N–H and O–H groups in total. The Hall–Kier alpha value is -2.14. The van der Waals surface area contributed by atoms with Gasteiger partial charge in [0.15, 0.2) is 6.04 Å². The number of hydrogen-bond acceptors (Lipinski definition) is 5. The van der Waals surface area contributed by atoms with Crippen LogP contribution in [-0.4, -0.2) is 95.9 Å². The Balaban J connectivity index is 0.00000576. The van der Waals surface area contributed by atoms with Crippen molar-refractivity contribution in [3.05, 3.63) is 35.4 Å². The summed E-state index contributed by atoms with van der Waals surface area (Å²) in [6.07, 6.45) is 4.02. The molecule has 0 spiro atoms. The van der Waals surface area contributed by atoms with Crippen molar-refractivity contribution in [2.45, 2.75) is 110 Å². The zero-order valence-corrected chi connectivity index (χ0v) is 30.1. The van der Waals surface area contributed by atoms with Gasteiger partial charge in [0, 0.05) is 56.7 Å². The molecule has 3 aliphatic rings. The first kappa shape index (κ1) is 38.3. The summed E-state index contributed by atoms with van der Waals surface area (Å²) in [6, 6.07) is 2.50. The summed E-state index contributed by atoms with van der Waals surface area (Å²) in [7, 11) is 3.38. The third-order valence-corrected chi connectivity index (χ3v) is 11.2. The average Bonchev–Trinajstić information content (AvgIpc) is 3.56. The molecule has 2 aliphatic heterocycles. The number of benzene rings is 1. The zero-order valence-electron chi connectivity index (χ0n) is 29.3. The van der Waals surface area contributed by atoms with Crippen LogP contribution in [0.4, 0.5) is 8.78 Å². The van der Waals surface area contributed by atoms with E-state index in [0.29, 0.717) is 25.1 Å². The molecule has 2 heterocycles. The van der Waals surface area contributed by atoms with E-state index in [1.54, 1.807) is 14.1 Å². The molecule has 3 amide bonds. The van der Waals surface area contributed by atoms with E-state index in [4.69, 9.17) is 5.73 Å². The molecule has 1 aromatic rings. The minimum Gasteiger partial charge on any atom is -0.354 e. The van der Waals surface area contributed by atoms with Gasteiger partial charge in [0.25, 0.3) is 5.91 Å². The summed E-state index contributed by atoms with van der Waals surface area (Å²) < 4.78 is 29.0. The molecular weight excluding hydrogens is 612 g/mol. The van der Waals surface area contributed by atoms with E-state index in [9.17, 15) is 18.8 Å². The summed E-state index contributed by atoms with van der Waals surface area (Å²) in [5, 5.41) is 2.78. The molecule has 0 radical (unpaired) electrons. The molecule has 1 aromatic carbocycles. The van der Waals surface area contributed by atoms with Gasteiger partial charge in [0.2, 0.25) is 5.91 Å². The Morgan fingerprint density at radius 1 is 1.07 bits per heavy atom. The predicted octanol–water partition coefficient (Wildman–Crippen LogP) is 4.84. The first-order valence-electron chi connectivity index (χ1n) is 16.6. The van der Waals surface area contributed by atoms with Gasteiger partial charge in [-0.15, -0.1) is 12.4 Å². The highest BCUT2D eigenvalue weighted by atomic mass is 35.5. The minimum absolute atomic E-state index is 0. The molecule has 3 fully saturated rings. The van der Waals surface area contributed by atoms with Gasteiger partial charge < -0.3 is 16.0 Å². The molecule has 1 saturated carbocycles. The molecular formula is C35H57ClF2N5O3+. The topological polar surface area (TPSA) is 95.7 Å². The van der Waals surface area contributed by atoms with E-state index in [0.717, 1.165) is 31.7 Å². The Bertz CT molecular complexity index is 1290. The lowest BCUT2D eigenvalue weighted by molar-refractivity contribution is -0.840. The van der Waals surface area contributed by atoms with Crippen molar-refractivity contribution in [2.75, 3.05) is 40.3 Å². The van der Waals surface area contributed by atoms with E-state index in [1.165, 1.54) is 12.1 Å². The van der Waals surface area contributed by atoms with E-state index in [1.807, 2.05) is 18.7 Å². The summed E-state index contributed by atoms with van der Waals surface area (Å²) in [4.78, 5) is 46.9. The van der Waals surface area contributed by atoms with E-state index >= 15 is 4.39 Å². The number of nitrogens with one attached hydrogen (secondary N) is 1. The second-order valence-electron chi connectivity index (χ2n) is 16.5. The molecule has 0 bridgehead atoms. The molecule has 1 unspecified atom stereocenters. The smallest absolute Gasteiger partial charge is 0.319 e.